The van der Waals surface area contributed by atoms with Crippen LogP contribution in [0.4, 0.5) is 5.69 Å². The third kappa shape index (κ3) is 5.02. The van der Waals surface area contributed by atoms with E-state index in [0.29, 0.717) is 29.9 Å². The molecule has 148 valence electrons. The summed E-state index contributed by atoms with van der Waals surface area (Å²) in [5.74, 6) is 5.16. The number of anilines is 1. The summed E-state index contributed by atoms with van der Waals surface area (Å²) in [5, 5.41) is 2.87. The Morgan fingerprint density at radius 1 is 1.14 bits per heavy atom. The Morgan fingerprint density at radius 3 is 2.48 bits per heavy atom. The summed E-state index contributed by atoms with van der Waals surface area (Å²) in [7, 11) is 1.34. The highest BCUT2D eigenvalue weighted by atomic mass is 16.5. The predicted molar refractivity (Wildman–Crippen MR) is 109 cm³/mol. The van der Waals surface area contributed by atoms with Crippen molar-refractivity contribution in [2.24, 2.45) is 5.92 Å². The number of esters is 1. The summed E-state index contributed by atoms with van der Waals surface area (Å²) < 4.78 is 4.72. The fraction of sp³-hybridized carbons (Fsp3) is 0.261. The van der Waals surface area contributed by atoms with E-state index in [2.05, 4.69) is 17.2 Å². The average Bonchev–Trinajstić information content (AvgIpc) is 3.13. The van der Waals surface area contributed by atoms with Crippen molar-refractivity contribution in [3.8, 4) is 11.8 Å². The molecule has 3 rings (SSSR count). The van der Waals surface area contributed by atoms with Gasteiger partial charge in [-0.3, -0.25) is 9.59 Å². The van der Waals surface area contributed by atoms with Gasteiger partial charge in [-0.05, 0) is 43.3 Å². The molecule has 2 aromatic carbocycles. The molecule has 0 bridgehead atoms. The van der Waals surface area contributed by atoms with Gasteiger partial charge in [0.05, 0.1) is 18.6 Å². The van der Waals surface area contributed by atoms with Crippen molar-refractivity contribution in [3.05, 3.63) is 65.2 Å². The lowest BCUT2D eigenvalue weighted by Crippen LogP contribution is -2.28. The van der Waals surface area contributed by atoms with Crippen molar-refractivity contribution in [1.82, 2.24) is 4.90 Å². The standard InChI is InChI=1S/C23H22N2O4/c1-3-25-15-19(14-21(25)26)22(27)24-20-9-5-7-17(13-20)11-10-16-6-4-8-18(12-16)23(28)29-2/h4-9,12-13,19H,3,14-15H2,1-2H3,(H,24,27). The minimum Gasteiger partial charge on any atom is -0.465 e. The molecule has 1 heterocycles. The highest BCUT2D eigenvalue weighted by Crippen LogP contribution is 2.20. The first-order valence-corrected chi connectivity index (χ1v) is 9.39. The summed E-state index contributed by atoms with van der Waals surface area (Å²) in [4.78, 5) is 37.6. The molecule has 6 nitrogen and oxygen atoms in total. The monoisotopic (exact) mass is 390 g/mol. The molecular formula is C23H22N2O4. The smallest absolute Gasteiger partial charge is 0.337 e. The van der Waals surface area contributed by atoms with Crippen LogP contribution in [-0.4, -0.2) is 42.9 Å². The molecule has 6 heteroatoms. The van der Waals surface area contributed by atoms with Gasteiger partial charge < -0.3 is 15.0 Å². The van der Waals surface area contributed by atoms with E-state index in [1.165, 1.54) is 7.11 Å². The zero-order valence-electron chi connectivity index (χ0n) is 16.4. The van der Waals surface area contributed by atoms with Crippen LogP contribution in [0.5, 0.6) is 0 Å². The summed E-state index contributed by atoms with van der Waals surface area (Å²) in [6.07, 6.45) is 0.246. The summed E-state index contributed by atoms with van der Waals surface area (Å²) in [6.45, 7) is 2.98. The van der Waals surface area contributed by atoms with E-state index in [0.717, 1.165) is 5.56 Å². The number of likely N-dealkylation sites (tertiary alicyclic amines) is 1. The van der Waals surface area contributed by atoms with E-state index < -0.39 is 5.97 Å². The quantitative estimate of drug-likeness (QED) is 0.643. The van der Waals surface area contributed by atoms with Crippen molar-refractivity contribution in [3.63, 3.8) is 0 Å². The summed E-state index contributed by atoms with van der Waals surface area (Å²) >= 11 is 0. The van der Waals surface area contributed by atoms with Gasteiger partial charge >= 0.3 is 5.97 Å². The Labute approximate surface area is 169 Å². The largest absolute Gasteiger partial charge is 0.465 e. The molecular weight excluding hydrogens is 368 g/mol. The Bertz CT molecular complexity index is 1000. The van der Waals surface area contributed by atoms with Gasteiger partial charge in [0.25, 0.3) is 0 Å². The van der Waals surface area contributed by atoms with Crippen LogP contribution in [-0.2, 0) is 14.3 Å². The van der Waals surface area contributed by atoms with Gasteiger partial charge in [0.15, 0.2) is 0 Å². The van der Waals surface area contributed by atoms with Crippen molar-refractivity contribution >= 4 is 23.5 Å². The number of carbonyl (C=O) groups excluding carboxylic acids is 3. The number of rotatable bonds is 4. The molecule has 0 aliphatic carbocycles. The van der Waals surface area contributed by atoms with Gasteiger partial charge in [0, 0.05) is 36.3 Å². The Hall–Kier alpha value is -3.59. The molecule has 0 spiro atoms. The van der Waals surface area contributed by atoms with Gasteiger partial charge in [0.1, 0.15) is 0 Å². The number of hydrogen-bond acceptors (Lipinski definition) is 4. The third-order valence-electron chi connectivity index (χ3n) is 4.73. The number of nitrogens with one attached hydrogen (secondary N) is 1. The molecule has 0 saturated carbocycles. The Kier molecular flexibility index (Phi) is 6.30. The Balaban J connectivity index is 1.70. The van der Waals surface area contributed by atoms with Crippen molar-refractivity contribution in [1.29, 1.82) is 0 Å². The highest BCUT2D eigenvalue weighted by Gasteiger charge is 2.33. The van der Waals surface area contributed by atoms with Gasteiger partial charge in [-0.25, -0.2) is 4.79 Å². The van der Waals surface area contributed by atoms with E-state index in [1.807, 2.05) is 25.1 Å². The van der Waals surface area contributed by atoms with Crippen LogP contribution in [0.2, 0.25) is 0 Å². The van der Waals surface area contributed by atoms with Gasteiger partial charge in [-0.15, -0.1) is 0 Å². The highest BCUT2D eigenvalue weighted by molar-refractivity contribution is 5.97. The first kappa shape index (κ1) is 20.2. The number of nitrogens with zero attached hydrogens (tertiary/aromatic N) is 1. The van der Waals surface area contributed by atoms with Gasteiger partial charge in [-0.2, -0.15) is 0 Å². The van der Waals surface area contributed by atoms with Gasteiger partial charge in [0.2, 0.25) is 11.8 Å². The zero-order chi connectivity index (χ0) is 20.8. The molecule has 0 aromatic heterocycles. The molecule has 1 fully saturated rings. The SMILES string of the molecule is CCN1CC(C(=O)Nc2cccc(C#Cc3cccc(C(=O)OC)c3)c2)CC1=O. The normalized spacial score (nSPS) is 15.4. The average molecular weight is 390 g/mol. The maximum atomic E-state index is 12.5. The van der Waals surface area contributed by atoms with E-state index in [-0.39, 0.29) is 24.2 Å². The van der Waals surface area contributed by atoms with E-state index >= 15 is 0 Å². The minimum atomic E-state index is -0.412. The van der Waals surface area contributed by atoms with Crippen molar-refractivity contribution in [2.75, 3.05) is 25.5 Å². The number of carbonyl (C=O) groups is 3. The van der Waals surface area contributed by atoms with Crippen LogP contribution in [0, 0.1) is 17.8 Å². The molecule has 2 aromatic rings. The van der Waals surface area contributed by atoms with Crippen LogP contribution in [0.1, 0.15) is 34.8 Å². The van der Waals surface area contributed by atoms with E-state index in [4.69, 9.17) is 4.74 Å². The number of hydrogen-bond donors (Lipinski definition) is 1. The van der Waals surface area contributed by atoms with Crippen LogP contribution in [0.3, 0.4) is 0 Å². The zero-order valence-corrected chi connectivity index (χ0v) is 16.4. The molecule has 1 unspecified atom stereocenters. The molecule has 1 N–H and O–H groups in total. The first-order chi connectivity index (χ1) is 14.0. The number of ether oxygens (including phenoxy) is 1. The molecule has 29 heavy (non-hydrogen) atoms. The lowest BCUT2D eigenvalue weighted by atomic mass is 10.1. The van der Waals surface area contributed by atoms with Crippen LogP contribution >= 0.6 is 0 Å². The second-order valence-corrected chi connectivity index (χ2v) is 6.73. The lowest BCUT2D eigenvalue weighted by molar-refractivity contribution is -0.128. The third-order valence-corrected chi connectivity index (χ3v) is 4.73. The molecule has 0 radical (unpaired) electrons. The van der Waals surface area contributed by atoms with E-state index in [9.17, 15) is 14.4 Å². The summed E-state index contributed by atoms with van der Waals surface area (Å²) in [6, 6.07) is 14.1. The van der Waals surface area contributed by atoms with Crippen molar-refractivity contribution in [2.45, 2.75) is 13.3 Å². The predicted octanol–water partition coefficient (Wildman–Crippen LogP) is 2.68. The number of benzene rings is 2. The van der Waals surface area contributed by atoms with Crippen LogP contribution in [0.15, 0.2) is 48.5 Å². The van der Waals surface area contributed by atoms with E-state index in [1.54, 1.807) is 35.2 Å². The first-order valence-electron chi connectivity index (χ1n) is 9.39. The number of methoxy groups -OCH3 is 1. The molecule has 1 aliphatic heterocycles. The summed E-state index contributed by atoms with van der Waals surface area (Å²) in [5.41, 5.74) is 2.48. The van der Waals surface area contributed by atoms with Crippen LogP contribution < -0.4 is 5.32 Å². The molecule has 1 aliphatic rings. The Morgan fingerprint density at radius 2 is 1.83 bits per heavy atom. The molecule has 1 saturated heterocycles. The minimum absolute atomic E-state index is 0.0152. The maximum absolute atomic E-state index is 12.5. The lowest BCUT2D eigenvalue weighted by Gasteiger charge is -2.13. The second kappa shape index (κ2) is 9.07. The fourth-order valence-electron chi connectivity index (χ4n) is 3.16. The number of amides is 2. The van der Waals surface area contributed by atoms with Gasteiger partial charge in [-0.1, -0.05) is 24.0 Å². The maximum Gasteiger partial charge on any atom is 0.337 e. The molecule has 2 amide bonds. The second-order valence-electron chi connectivity index (χ2n) is 6.73. The fourth-order valence-corrected chi connectivity index (χ4v) is 3.16. The van der Waals surface area contributed by atoms with Crippen LogP contribution in [0.25, 0.3) is 0 Å². The van der Waals surface area contributed by atoms with Crippen molar-refractivity contribution < 1.29 is 19.1 Å². The molecule has 1 atom stereocenters. The topological polar surface area (TPSA) is 75.7 Å².